The molecule has 0 saturated heterocycles. The molecule has 0 aliphatic heterocycles. The van der Waals surface area contributed by atoms with Crippen LogP contribution in [0.3, 0.4) is 0 Å². The summed E-state index contributed by atoms with van der Waals surface area (Å²) in [6, 6.07) is 11.5. The van der Waals surface area contributed by atoms with Crippen molar-refractivity contribution in [2.24, 2.45) is 7.05 Å². The molecule has 3 nitrogen and oxygen atoms in total. The minimum absolute atomic E-state index is 0.0616. The van der Waals surface area contributed by atoms with Crippen LogP contribution < -0.4 is 5.32 Å². The van der Waals surface area contributed by atoms with Crippen molar-refractivity contribution in [3.8, 4) is 0 Å². The minimum Gasteiger partial charge on any atom is -0.394 e. The normalized spacial score (nSPS) is 12.6. The molecule has 0 aliphatic rings. The van der Waals surface area contributed by atoms with Gasteiger partial charge in [-0.25, -0.2) is 0 Å². The summed E-state index contributed by atoms with van der Waals surface area (Å²) in [4.78, 5) is 0. The van der Waals surface area contributed by atoms with E-state index < -0.39 is 0 Å². The van der Waals surface area contributed by atoms with E-state index in [1.807, 2.05) is 43.6 Å². The fourth-order valence-corrected chi connectivity index (χ4v) is 2.02. The first-order valence-electron chi connectivity index (χ1n) is 5.90. The molecule has 1 unspecified atom stereocenters. The van der Waals surface area contributed by atoms with Crippen LogP contribution in [0.4, 0.5) is 0 Å². The number of aliphatic hydroxyl groups is 1. The summed E-state index contributed by atoms with van der Waals surface area (Å²) in [5.74, 6) is 0. The highest BCUT2D eigenvalue weighted by Gasteiger charge is 2.10. The molecule has 0 bridgehead atoms. The Bertz CT molecular complexity index is 493. The Kier molecular flexibility index (Phi) is 4.42. The van der Waals surface area contributed by atoms with Gasteiger partial charge in [-0.1, -0.05) is 23.7 Å². The highest BCUT2D eigenvalue weighted by Crippen LogP contribution is 2.16. The van der Waals surface area contributed by atoms with Crippen LogP contribution in [-0.2, 0) is 13.6 Å². The van der Waals surface area contributed by atoms with Gasteiger partial charge in [-0.2, -0.15) is 0 Å². The number of rotatable bonds is 5. The van der Waals surface area contributed by atoms with Gasteiger partial charge in [-0.3, -0.25) is 0 Å². The molecule has 0 aliphatic carbocycles. The summed E-state index contributed by atoms with van der Waals surface area (Å²) in [5, 5.41) is 13.5. The van der Waals surface area contributed by atoms with E-state index in [1.54, 1.807) is 0 Å². The zero-order valence-corrected chi connectivity index (χ0v) is 11.1. The summed E-state index contributed by atoms with van der Waals surface area (Å²) >= 11 is 5.85. The van der Waals surface area contributed by atoms with Crippen molar-refractivity contribution in [1.82, 2.24) is 9.88 Å². The highest BCUT2D eigenvalue weighted by molar-refractivity contribution is 6.30. The van der Waals surface area contributed by atoms with Gasteiger partial charge in [0, 0.05) is 30.5 Å². The summed E-state index contributed by atoms with van der Waals surface area (Å²) in [5.41, 5.74) is 2.22. The van der Waals surface area contributed by atoms with Crippen LogP contribution in [0.5, 0.6) is 0 Å². The Morgan fingerprint density at radius 3 is 2.56 bits per heavy atom. The number of aryl methyl sites for hydroxylation is 1. The van der Waals surface area contributed by atoms with Gasteiger partial charge in [-0.15, -0.1) is 0 Å². The van der Waals surface area contributed by atoms with Crippen molar-refractivity contribution in [3.05, 3.63) is 58.9 Å². The fourth-order valence-electron chi connectivity index (χ4n) is 1.89. The predicted molar refractivity (Wildman–Crippen MR) is 73.5 cm³/mol. The molecule has 1 aromatic heterocycles. The number of benzene rings is 1. The molecule has 0 radical (unpaired) electrons. The number of aromatic nitrogens is 1. The van der Waals surface area contributed by atoms with Crippen molar-refractivity contribution < 1.29 is 5.11 Å². The first-order valence-corrected chi connectivity index (χ1v) is 6.28. The van der Waals surface area contributed by atoms with Crippen molar-refractivity contribution >= 4 is 11.6 Å². The molecule has 0 fully saturated rings. The summed E-state index contributed by atoms with van der Waals surface area (Å²) in [7, 11) is 2.01. The maximum absolute atomic E-state index is 9.44. The lowest BCUT2D eigenvalue weighted by molar-refractivity contribution is 0.243. The van der Waals surface area contributed by atoms with Crippen LogP contribution in [0.2, 0.25) is 5.02 Å². The van der Waals surface area contributed by atoms with Gasteiger partial charge < -0.3 is 15.0 Å². The van der Waals surface area contributed by atoms with Crippen molar-refractivity contribution in [1.29, 1.82) is 0 Å². The van der Waals surface area contributed by atoms with Gasteiger partial charge >= 0.3 is 0 Å². The third-order valence-electron chi connectivity index (χ3n) is 3.04. The molecule has 4 heteroatoms. The van der Waals surface area contributed by atoms with E-state index in [0.29, 0.717) is 5.02 Å². The molecule has 2 aromatic rings. The average Bonchev–Trinajstić information content (AvgIpc) is 2.78. The number of hydrogen-bond donors (Lipinski definition) is 2. The standard InChI is InChI=1S/C14H17ClN2O/c1-17-8-2-3-13(17)9-16-14(10-18)11-4-6-12(15)7-5-11/h2-8,14,16,18H,9-10H2,1H3. The number of aliphatic hydroxyl groups excluding tert-OH is 1. The molecule has 2 rings (SSSR count). The molecule has 1 atom stereocenters. The number of halogens is 1. The monoisotopic (exact) mass is 264 g/mol. The number of nitrogens with zero attached hydrogens (tertiary/aromatic N) is 1. The quantitative estimate of drug-likeness (QED) is 0.871. The first kappa shape index (κ1) is 13.1. The van der Waals surface area contributed by atoms with Gasteiger partial charge in [0.25, 0.3) is 0 Å². The van der Waals surface area contributed by atoms with Gasteiger partial charge in [0.05, 0.1) is 12.6 Å². The van der Waals surface area contributed by atoms with Crippen LogP contribution in [-0.4, -0.2) is 16.3 Å². The predicted octanol–water partition coefficient (Wildman–Crippen LogP) is 2.50. The van der Waals surface area contributed by atoms with Crippen LogP contribution >= 0.6 is 11.6 Å². The molecular weight excluding hydrogens is 248 g/mol. The van der Waals surface area contributed by atoms with Crippen LogP contribution in [0.25, 0.3) is 0 Å². The lowest BCUT2D eigenvalue weighted by Crippen LogP contribution is -2.24. The summed E-state index contributed by atoms with van der Waals surface area (Å²) in [6.07, 6.45) is 2.01. The fraction of sp³-hybridized carbons (Fsp3) is 0.286. The van der Waals surface area contributed by atoms with Crippen molar-refractivity contribution in [2.45, 2.75) is 12.6 Å². The second-order valence-corrected chi connectivity index (χ2v) is 4.71. The molecule has 0 spiro atoms. The molecule has 96 valence electrons. The lowest BCUT2D eigenvalue weighted by Gasteiger charge is -2.17. The molecular formula is C14H17ClN2O. The third kappa shape index (κ3) is 3.13. The van der Waals surface area contributed by atoms with Gasteiger partial charge in [0.15, 0.2) is 0 Å². The number of nitrogens with one attached hydrogen (secondary N) is 1. The van der Waals surface area contributed by atoms with E-state index in [2.05, 4.69) is 16.0 Å². The molecule has 18 heavy (non-hydrogen) atoms. The Balaban J connectivity index is 2.01. The Labute approximate surface area is 112 Å². The first-order chi connectivity index (χ1) is 8.70. The Morgan fingerprint density at radius 2 is 2.00 bits per heavy atom. The minimum atomic E-state index is -0.0721. The topological polar surface area (TPSA) is 37.2 Å². The van der Waals surface area contributed by atoms with Crippen molar-refractivity contribution in [2.75, 3.05) is 6.61 Å². The Hall–Kier alpha value is -1.29. The second-order valence-electron chi connectivity index (χ2n) is 4.28. The smallest absolute Gasteiger partial charge is 0.0626 e. The highest BCUT2D eigenvalue weighted by atomic mass is 35.5. The maximum Gasteiger partial charge on any atom is 0.0626 e. The average molecular weight is 265 g/mol. The van der Waals surface area contributed by atoms with E-state index >= 15 is 0 Å². The zero-order chi connectivity index (χ0) is 13.0. The van der Waals surface area contributed by atoms with Gasteiger partial charge in [0.1, 0.15) is 0 Å². The second kappa shape index (κ2) is 6.05. The van der Waals surface area contributed by atoms with E-state index in [9.17, 15) is 5.11 Å². The van der Waals surface area contributed by atoms with Gasteiger partial charge in [0.2, 0.25) is 0 Å². The molecule has 1 aromatic carbocycles. The van der Waals surface area contributed by atoms with Crippen LogP contribution in [0, 0.1) is 0 Å². The Morgan fingerprint density at radius 1 is 1.28 bits per heavy atom. The van der Waals surface area contributed by atoms with Crippen molar-refractivity contribution in [3.63, 3.8) is 0 Å². The number of hydrogen-bond acceptors (Lipinski definition) is 2. The molecule has 2 N–H and O–H groups in total. The largest absolute Gasteiger partial charge is 0.394 e. The van der Waals surface area contributed by atoms with E-state index in [0.717, 1.165) is 12.1 Å². The summed E-state index contributed by atoms with van der Waals surface area (Å²) < 4.78 is 2.06. The zero-order valence-electron chi connectivity index (χ0n) is 10.3. The third-order valence-corrected chi connectivity index (χ3v) is 3.29. The van der Waals surface area contributed by atoms with Crippen LogP contribution in [0.1, 0.15) is 17.3 Å². The lowest BCUT2D eigenvalue weighted by atomic mass is 10.1. The molecule has 1 heterocycles. The van der Waals surface area contributed by atoms with E-state index in [1.165, 1.54) is 5.69 Å². The van der Waals surface area contributed by atoms with Gasteiger partial charge in [-0.05, 0) is 29.8 Å². The maximum atomic E-state index is 9.44. The molecule has 0 saturated carbocycles. The SMILES string of the molecule is Cn1cccc1CNC(CO)c1ccc(Cl)cc1. The summed E-state index contributed by atoms with van der Waals surface area (Å²) in [6.45, 7) is 0.781. The van der Waals surface area contributed by atoms with E-state index in [4.69, 9.17) is 11.6 Å². The molecule has 0 amide bonds. The van der Waals surface area contributed by atoms with Crippen LogP contribution in [0.15, 0.2) is 42.6 Å². The van der Waals surface area contributed by atoms with E-state index in [-0.39, 0.29) is 12.6 Å².